The van der Waals surface area contributed by atoms with Crippen LogP contribution in [0.3, 0.4) is 0 Å². The summed E-state index contributed by atoms with van der Waals surface area (Å²) in [7, 11) is 0. The van der Waals surface area contributed by atoms with Crippen molar-refractivity contribution in [1.29, 1.82) is 0 Å². The lowest BCUT2D eigenvalue weighted by molar-refractivity contribution is -0.138. The van der Waals surface area contributed by atoms with Crippen molar-refractivity contribution in [2.75, 3.05) is 5.75 Å². The van der Waals surface area contributed by atoms with Crippen LogP contribution in [0.25, 0.3) is 23.1 Å². The van der Waals surface area contributed by atoms with Gasteiger partial charge >= 0.3 is 5.97 Å². The van der Waals surface area contributed by atoms with Crippen LogP contribution >= 0.6 is 23.4 Å². The fourth-order valence-corrected chi connectivity index (χ4v) is 6.31. The highest BCUT2D eigenvalue weighted by molar-refractivity contribution is 7.99. The van der Waals surface area contributed by atoms with E-state index in [2.05, 4.69) is 36.4 Å². The van der Waals surface area contributed by atoms with E-state index >= 15 is 0 Å². The SMILES string of the molecule is CC(C(=O)O)c1ccccc1CCC(SCCCC(C)(C)O)c1cccc(/C=C/c2ccc3ccc(Cl)cc3n2)c1. The Morgan fingerprint density at radius 2 is 1.80 bits per heavy atom. The standard InChI is InChI=1S/C35H38ClNO3S/c1-24(34(38)39)31-11-5-4-9-26(31)15-19-33(41-21-7-20-35(2,3)40)28-10-6-8-25(22-28)12-17-30-18-14-27-13-16-29(36)23-32(27)37-30/h4-6,8-14,16-18,22-24,33,40H,7,15,19-21H2,1-3H3,(H,38,39)/b17-12+. The topological polar surface area (TPSA) is 70.4 Å². The van der Waals surface area contributed by atoms with Crippen molar-refractivity contribution in [2.45, 2.75) is 63.2 Å². The van der Waals surface area contributed by atoms with Gasteiger partial charge in [0.25, 0.3) is 0 Å². The molecular formula is C35H38ClNO3S. The van der Waals surface area contributed by atoms with E-state index in [4.69, 9.17) is 16.6 Å². The molecule has 1 heterocycles. The summed E-state index contributed by atoms with van der Waals surface area (Å²) in [6.07, 6.45) is 7.46. The number of pyridine rings is 1. The number of benzene rings is 3. The van der Waals surface area contributed by atoms with Crippen molar-refractivity contribution < 1.29 is 15.0 Å². The number of hydrogen-bond donors (Lipinski definition) is 2. The molecule has 4 rings (SSSR count). The third-order valence-electron chi connectivity index (χ3n) is 7.22. The normalized spacial score (nSPS) is 13.5. The molecule has 2 N–H and O–H groups in total. The number of halogens is 1. The van der Waals surface area contributed by atoms with Crippen molar-refractivity contribution in [2.24, 2.45) is 0 Å². The van der Waals surface area contributed by atoms with Gasteiger partial charge in [-0.1, -0.05) is 78.3 Å². The van der Waals surface area contributed by atoms with Crippen LogP contribution < -0.4 is 0 Å². The second kappa shape index (κ2) is 14.2. The first-order chi connectivity index (χ1) is 19.6. The Balaban J connectivity index is 1.53. The number of carbonyl (C=O) groups is 1. The molecule has 0 aliphatic heterocycles. The summed E-state index contributed by atoms with van der Waals surface area (Å²) in [6, 6.07) is 26.3. The maximum atomic E-state index is 11.7. The number of hydrogen-bond acceptors (Lipinski definition) is 4. The minimum atomic E-state index is -0.807. The number of aliphatic carboxylic acids is 1. The minimum Gasteiger partial charge on any atom is -0.481 e. The Hall–Kier alpha value is -3.12. The molecule has 6 heteroatoms. The largest absolute Gasteiger partial charge is 0.481 e. The van der Waals surface area contributed by atoms with Gasteiger partial charge in [0.15, 0.2) is 0 Å². The van der Waals surface area contributed by atoms with E-state index in [9.17, 15) is 15.0 Å². The zero-order chi connectivity index (χ0) is 29.4. The van der Waals surface area contributed by atoms with Crippen molar-refractivity contribution in [3.8, 4) is 0 Å². The first-order valence-electron chi connectivity index (χ1n) is 14.1. The monoisotopic (exact) mass is 587 g/mol. The fraction of sp³-hybridized carbons (Fsp3) is 0.314. The predicted octanol–water partition coefficient (Wildman–Crippen LogP) is 9.20. The number of nitrogens with zero attached hydrogens (tertiary/aromatic N) is 1. The van der Waals surface area contributed by atoms with Gasteiger partial charge in [0.2, 0.25) is 0 Å². The van der Waals surface area contributed by atoms with Gasteiger partial charge in [0, 0.05) is 15.7 Å². The molecule has 4 nitrogen and oxygen atoms in total. The smallest absolute Gasteiger partial charge is 0.310 e. The molecule has 4 aromatic rings. The Morgan fingerprint density at radius 1 is 1.02 bits per heavy atom. The van der Waals surface area contributed by atoms with Gasteiger partial charge in [-0.2, -0.15) is 11.8 Å². The van der Waals surface area contributed by atoms with Crippen molar-refractivity contribution in [3.05, 3.63) is 112 Å². The highest BCUT2D eigenvalue weighted by Crippen LogP contribution is 2.36. The molecular weight excluding hydrogens is 550 g/mol. The van der Waals surface area contributed by atoms with Crippen molar-refractivity contribution in [3.63, 3.8) is 0 Å². The van der Waals surface area contributed by atoms with E-state index in [0.29, 0.717) is 5.02 Å². The van der Waals surface area contributed by atoms with E-state index < -0.39 is 17.5 Å². The number of rotatable bonds is 13. The number of fused-ring (bicyclic) bond motifs is 1. The van der Waals surface area contributed by atoms with E-state index in [0.717, 1.165) is 64.7 Å². The Labute approximate surface area is 252 Å². The minimum absolute atomic E-state index is 0.235. The first kappa shape index (κ1) is 30.8. The van der Waals surface area contributed by atoms with Crippen LogP contribution in [0.4, 0.5) is 0 Å². The van der Waals surface area contributed by atoms with Crippen LogP contribution in [0.5, 0.6) is 0 Å². The van der Waals surface area contributed by atoms with Gasteiger partial charge < -0.3 is 10.2 Å². The van der Waals surface area contributed by atoms with Gasteiger partial charge in [-0.15, -0.1) is 0 Å². The molecule has 0 aliphatic rings. The van der Waals surface area contributed by atoms with Crippen LogP contribution in [0.15, 0.2) is 78.9 Å². The molecule has 1 aromatic heterocycles. The van der Waals surface area contributed by atoms with E-state index in [-0.39, 0.29) is 5.25 Å². The zero-order valence-corrected chi connectivity index (χ0v) is 25.5. The third kappa shape index (κ3) is 9.19. The molecule has 3 aromatic carbocycles. The number of aromatic nitrogens is 1. The summed E-state index contributed by atoms with van der Waals surface area (Å²) in [5, 5.41) is 21.7. The van der Waals surface area contributed by atoms with Gasteiger partial charge in [-0.25, -0.2) is 4.98 Å². The molecule has 0 spiro atoms. The Morgan fingerprint density at radius 3 is 2.59 bits per heavy atom. The van der Waals surface area contributed by atoms with Crippen LogP contribution in [0.1, 0.15) is 79.1 Å². The molecule has 2 unspecified atom stereocenters. The predicted molar refractivity (Wildman–Crippen MR) is 174 cm³/mol. The van der Waals surface area contributed by atoms with Crippen molar-refractivity contribution in [1.82, 2.24) is 4.98 Å². The highest BCUT2D eigenvalue weighted by Gasteiger charge is 2.19. The maximum Gasteiger partial charge on any atom is 0.310 e. The van der Waals surface area contributed by atoms with Crippen molar-refractivity contribution >= 4 is 52.4 Å². The zero-order valence-electron chi connectivity index (χ0n) is 23.9. The molecule has 214 valence electrons. The summed E-state index contributed by atoms with van der Waals surface area (Å²) < 4.78 is 0. The summed E-state index contributed by atoms with van der Waals surface area (Å²) in [4.78, 5) is 16.4. The molecule has 0 bridgehead atoms. The number of carboxylic acid groups (broad SMARTS) is 1. The summed E-state index contributed by atoms with van der Waals surface area (Å²) in [5.74, 6) is -0.415. The van der Waals surface area contributed by atoms with Gasteiger partial charge in [-0.3, -0.25) is 4.79 Å². The number of carboxylic acids is 1. The van der Waals surface area contributed by atoms with Crippen LogP contribution in [0, 0.1) is 0 Å². The Bertz CT molecular complexity index is 1510. The van der Waals surface area contributed by atoms with Gasteiger partial charge in [0.1, 0.15) is 0 Å². The Kier molecular flexibility index (Phi) is 10.7. The number of aliphatic hydroxyl groups is 1. The highest BCUT2D eigenvalue weighted by atomic mass is 35.5. The molecule has 0 radical (unpaired) electrons. The van der Waals surface area contributed by atoms with Crippen LogP contribution in [-0.2, 0) is 11.2 Å². The summed E-state index contributed by atoms with van der Waals surface area (Å²) in [5.41, 5.74) is 5.37. The quantitative estimate of drug-likeness (QED) is 0.153. The number of thioether (sulfide) groups is 1. The van der Waals surface area contributed by atoms with E-state index in [1.807, 2.05) is 80.2 Å². The summed E-state index contributed by atoms with van der Waals surface area (Å²) >= 11 is 8.07. The molecule has 0 aliphatic carbocycles. The molecule has 0 amide bonds. The first-order valence-corrected chi connectivity index (χ1v) is 15.5. The fourth-order valence-electron chi connectivity index (χ4n) is 4.92. The lowest BCUT2D eigenvalue weighted by atomic mass is 9.92. The summed E-state index contributed by atoms with van der Waals surface area (Å²) in [6.45, 7) is 5.45. The average Bonchev–Trinajstić information content (AvgIpc) is 2.94. The van der Waals surface area contributed by atoms with E-state index in [1.165, 1.54) is 5.56 Å². The molecule has 41 heavy (non-hydrogen) atoms. The van der Waals surface area contributed by atoms with Gasteiger partial charge in [-0.05, 0) is 98.7 Å². The third-order valence-corrected chi connectivity index (χ3v) is 8.89. The van der Waals surface area contributed by atoms with Crippen LogP contribution in [-0.4, -0.2) is 32.5 Å². The van der Waals surface area contributed by atoms with E-state index in [1.54, 1.807) is 6.92 Å². The molecule has 0 saturated heterocycles. The lowest BCUT2D eigenvalue weighted by Crippen LogP contribution is -2.18. The maximum absolute atomic E-state index is 11.7. The molecule has 0 saturated carbocycles. The number of aryl methyl sites for hydroxylation is 1. The van der Waals surface area contributed by atoms with Crippen LogP contribution in [0.2, 0.25) is 5.02 Å². The second-order valence-corrected chi connectivity index (χ2v) is 12.9. The molecule has 0 fully saturated rings. The van der Waals surface area contributed by atoms with Gasteiger partial charge in [0.05, 0.1) is 22.7 Å². The lowest BCUT2D eigenvalue weighted by Gasteiger charge is -2.21. The second-order valence-electron chi connectivity index (χ2n) is 11.1. The molecule has 2 atom stereocenters. The average molecular weight is 588 g/mol.